The lowest BCUT2D eigenvalue weighted by atomic mass is 10.00. The average Bonchev–Trinajstić information content (AvgIpc) is 2.63. The van der Waals surface area contributed by atoms with Gasteiger partial charge in [0.2, 0.25) is 5.88 Å². The van der Waals surface area contributed by atoms with Crippen molar-refractivity contribution < 1.29 is 14.6 Å². The van der Waals surface area contributed by atoms with Crippen LogP contribution in [0, 0.1) is 0 Å². The number of benzene rings is 2. The number of hydrogen-bond acceptors (Lipinski definition) is 5. The van der Waals surface area contributed by atoms with Crippen molar-refractivity contribution in [3.8, 4) is 17.4 Å². The Morgan fingerprint density at radius 3 is 2.73 bits per heavy atom. The normalized spacial score (nSPS) is 10.6. The number of nitrogens with one attached hydrogen (secondary N) is 1. The van der Waals surface area contributed by atoms with Crippen LogP contribution in [0.15, 0.2) is 61.1 Å². The highest BCUT2D eigenvalue weighted by Crippen LogP contribution is 2.26. The number of aromatic nitrogens is 2. The van der Waals surface area contributed by atoms with Crippen LogP contribution in [0.4, 0.5) is 5.69 Å². The smallest absolute Gasteiger partial charge is 0.259 e. The minimum atomic E-state index is -0.387. The van der Waals surface area contributed by atoms with Gasteiger partial charge in [0.05, 0.1) is 11.8 Å². The third-order valence-corrected chi connectivity index (χ3v) is 3.79. The molecule has 0 unspecified atom stereocenters. The number of rotatable bonds is 5. The Bertz CT molecular complexity index is 911. The summed E-state index contributed by atoms with van der Waals surface area (Å²) in [5.41, 5.74) is 1.76. The highest BCUT2D eigenvalue weighted by atomic mass is 16.5. The maximum Gasteiger partial charge on any atom is 0.259 e. The van der Waals surface area contributed by atoms with Gasteiger partial charge in [0.25, 0.3) is 5.91 Å². The van der Waals surface area contributed by atoms with Gasteiger partial charge in [-0.2, -0.15) is 0 Å². The van der Waals surface area contributed by atoms with Crippen LogP contribution >= 0.6 is 0 Å². The number of anilines is 1. The largest absolute Gasteiger partial charge is 0.507 e. The molecule has 0 aliphatic heterocycles. The topological polar surface area (TPSA) is 84.3 Å². The van der Waals surface area contributed by atoms with Crippen LogP contribution in [0.1, 0.15) is 35.7 Å². The fraction of sp³-hybridized carbons (Fsp3) is 0.150. The lowest BCUT2D eigenvalue weighted by molar-refractivity contribution is 0.102. The minimum Gasteiger partial charge on any atom is -0.507 e. The molecule has 0 fully saturated rings. The summed E-state index contributed by atoms with van der Waals surface area (Å²) in [4.78, 5) is 20.5. The second-order valence-electron chi connectivity index (χ2n) is 6.06. The molecule has 2 aromatic carbocycles. The van der Waals surface area contributed by atoms with Gasteiger partial charge in [0.1, 0.15) is 11.5 Å². The van der Waals surface area contributed by atoms with Gasteiger partial charge in [-0.15, -0.1) is 0 Å². The van der Waals surface area contributed by atoms with E-state index in [2.05, 4.69) is 15.3 Å². The van der Waals surface area contributed by atoms with E-state index < -0.39 is 0 Å². The molecule has 1 heterocycles. The molecular weight excluding hydrogens is 330 g/mol. The number of amides is 1. The molecule has 0 saturated carbocycles. The van der Waals surface area contributed by atoms with Gasteiger partial charge in [0, 0.05) is 24.1 Å². The molecule has 0 saturated heterocycles. The zero-order valence-corrected chi connectivity index (χ0v) is 14.5. The Morgan fingerprint density at radius 1 is 1.15 bits per heavy atom. The molecule has 1 aromatic heterocycles. The highest BCUT2D eigenvalue weighted by molar-refractivity contribution is 6.06. The van der Waals surface area contributed by atoms with E-state index in [0.717, 1.165) is 5.56 Å². The summed E-state index contributed by atoms with van der Waals surface area (Å²) >= 11 is 0. The Balaban J connectivity index is 1.78. The third-order valence-electron chi connectivity index (χ3n) is 3.79. The Morgan fingerprint density at radius 2 is 2.00 bits per heavy atom. The van der Waals surface area contributed by atoms with E-state index in [-0.39, 0.29) is 23.1 Å². The first-order valence-electron chi connectivity index (χ1n) is 8.21. The minimum absolute atomic E-state index is 0.0566. The molecule has 0 atom stereocenters. The van der Waals surface area contributed by atoms with Gasteiger partial charge in [-0.3, -0.25) is 9.78 Å². The van der Waals surface area contributed by atoms with Crippen LogP contribution in [0.5, 0.6) is 17.4 Å². The predicted molar refractivity (Wildman–Crippen MR) is 98.7 cm³/mol. The molecule has 3 rings (SSSR count). The van der Waals surface area contributed by atoms with Crippen molar-refractivity contribution >= 4 is 11.6 Å². The first-order valence-corrected chi connectivity index (χ1v) is 8.21. The van der Waals surface area contributed by atoms with Crippen LogP contribution < -0.4 is 10.1 Å². The Kier molecular flexibility index (Phi) is 5.12. The summed E-state index contributed by atoms with van der Waals surface area (Å²) in [6.07, 6.45) is 4.59. The number of nitrogens with zero attached hydrogens (tertiary/aromatic N) is 2. The number of hydrogen-bond donors (Lipinski definition) is 2. The van der Waals surface area contributed by atoms with Gasteiger partial charge < -0.3 is 15.2 Å². The summed E-state index contributed by atoms with van der Waals surface area (Å²) in [6.45, 7) is 4.06. The predicted octanol–water partition coefficient (Wildman–Crippen LogP) is 4.35. The van der Waals surface area contributed by atoms with Crippen LogP contribution in [-0.4, -0.2) is 21.0 Å². The van der Waals surface area contributed by atoms with Crippen molar-refractivity contribution in [2.75, 3.05) is 5.32 Å². The van der Waals surface area contributed by atoms with E-state index in [4.69, 9.17) is 4.74 Å². The van der Waals surface area contributed by atoms with Gasteiger partial charge >= 0.3 is 0 Å². The SMILES string of the molecule is CC(C)c1ccc(O)c(C(=O)Nc2cccc(Oc3cnccn3)c2)c1. The lowest BCUT2D eigenvalue weighted by Gasteiger charge is -2.11. The molecule has 0 aliphatic carbocycles. The van der Waals surface area contributed by atoms with Crippen LogP contribution in [0.3, 0.4) is 0 Å². The molecule has 2 N–H and O–H groups in total. The zero-order chi connectivity index (χ0) is 18.5. The summed E-state index contributed by atoms with van der Waals surface area (Å²) in [5.74, 6) is 0.688. The molecule has 0 bridgehead atoms. The first kappa shape index (κ1) is 17.4. The molecule has 1 amide bonds. The quantitative estimate of drug-likeness (QED) is 0.715. The maximum atomic E-state index is 12.5. The van der Waals surface area contributed by atoms with Gasteiger partial charge in [0.15, 0.2) is 0 Å². The third kappa shape index (κ3) is 4.16. The van der Waals surface area contributed by atoms with E-state index in [1.54, 1.807) is 36.5 Å². The first-order chi connectivity index (χ1) is 12.5. The summed E-state index contributed by atoms with van der Waals surface area (Å²) in [5, 5.41) is 12.8. The molecule has 6 nitrogen and oxygen atoms in total. The second kappa shape index (κ2) is 7.65. The fourth-order valence-corrected chi connectivity index (χ4v) is 2.39. The van der Waals surface area contributed by atoms with E-state index in [1.165, 1.54) is 18.5 Å². The van der Waals surface area contributed by atoms with E-state index in [0.29, 0.717) is 17.3 Å². The molecule has 0 radical (unpaired) electrons. The molecule has 0 spiro atoms. The molecule has 6 heteroatoms. The monoisotopic (exact) mass is 349 g/mol. The number of aromatic hydroxyl groups is 1. The van der Waals surface area contributed by atoms with Crippen molar-refractivity contribution in [2.24, 2.45) is 0 Å². The summed E-state index contributed by atoms with van der Waals surface area (Å²) in [6, 6.07) is 12.0. The van der Waals surface area contributed by atoms with E-state index in [1.807, 2.05) is 19.9 Å². The zero-order valence-electron chi connectivity index (χ0n) is 14.5. The van der Waals surface area contributed by atoms with Crippen LogP contribution in [-0.2, 0) is 0 Å². The Labute approximate surface area is 151 Å². The Hall–Kier alpha value is -3.41. The van der Waals surface area contributed by atoms with Gasteiger partial charge in [-0.05, 0) is 35.7 Å². The van der Waals surface area contributed by atoms with E-state index >= 15 is 0 Å². The van der Waals surface area contributed by atoms with Crippen molar-refractivity contribution in [3.63, 3.8) is 0 Å². The molecule has 26 heavy (non-hydrogen) atoms. The molecule has 3 aromatic rings. The number of phenols is 1. The standard InChI is InChI=1S/C20H19N3O3/c1-13(2)14-6-7-18(24)17(10-14)20(25)23-15-4-3-5-16(11-15)26-19-12-21-8-9-22-19/h3-13,24H,1-2H3,(H,23,25). The number of carbonyl (C=O) groups is 1. The van der Waals surface area contributed by atoms with Crippen molar-refractivity contribution in [1.29, 1.82) is 0 Å². The van der Waals surface area contributed by atoms with E-state index in [9.17, 15) is 9.90 Å². The van der Waals surface area contributed by atoms with Crippen molar-refractivity contribution in [1.82, 2.24) is 9.97 Å². The van der Waals surface area contributed by atoms with Gasteiger partial charge in [-0.1, -0.05) is 26.0 Å². The lowest BCUT2D eigenvalue weighted by Crippen LogP contribution is -2.12. The van der Waals surface area contributed by atoms with Crippen LogP contribution in [0.2, 0.25) is 0 Å². The fourth-order valence-electron chi connectivity index (χ4n) is 2.39. The number of ether oxygens (including phenoxy) is 1. The average molecular weight is 349 g/mol. The number of phenolic OH excluding ortho intramolecular Hbond substituents is 1. The molecular formula is C20H19N3O3. The summed E-state index contributed by atoms with van der Waals surface area (Å²) < 4.78 is 5.61. The second-order valence-corrected chi connectivity index (χ2v) is 6.06. The number of carbonyl (C=O) groups excluding carboxylic acids is 1. The van der Waals surface area contributed by atoms with Crippen molar-refractivity contribution in [2.45, 2.75) is 19.8 Å². The maximum absolute atomic E-state index is 12.5. The van der Waals surface area contributed by atoms with Crippen molar-refractivity contribution in [3.05, 3.63) is 72.2 Å². The molecule has 132 valence electrons. The highest BCUT2D eigenvalue weighted by Gasteiger charge is 2.14. The molecule has 0 aliphatic rings. The van der Waals surface area contributed by atoms with Gasteiger partial charge in [-0.25, -0.2) is 4.98 Å². The summed E-state index contributed by atoms with van der Waals surface area (Å²) in [7, 11) is 0. The van der Waals surface area contributed by atoms with Crippen LogP contribution in [0.25, 0.3) is 0 Å².